The number of phenolic OH excluding ortho intramolecular Hbond substituents is 1. The van der Waals surface area contributed by atoms with E-state index in [0.717, 1.165) is 29.0 Å². The topological polar surface area (TPSA) is 53.8 Å². The van der Waals surface area contributed by atoms with E-state index >= 15 is 0 Å². The molecule has 2 aromatic heterocycles. The van der Waals surface area contributed by atoms with E-state index < -0.39 is 0 Å². The number of imidazole rings is 1. The zero-order valence-electron chi connectivity index (χ0n) is 12.9. The van der Waals surface area contributed by atoms with Crippen LogP contribution in [0.15, 0.2) is 24.4 Å². The van der Waals surface area contributed by atoms with Crippen LogP contribution in [0.2, 0.25) is 0 Å². The Balaban J connectivity index is 2.17. The monoisotopic (exact) mass is 283 g/mol. The van der Waals surface area contributed by atoms with Gasteiger partial charge in [0.1, 0.15) is 11.3 Å². The van der Waals surface area contributed by atoms with Crippen molar-refractivity contribution in [3.8, 4) is 17.3 Å². The summed E-state index contributed by atoms with van der Waals surface area (Å²) in [7, 11) is 2.01. The van der Waals surface area contributed by atoms with Gasteiger partial charge in [0.15, 0.2) is 5.82 Å². The van der Waals surface area contributed by atoms with Gasteiger partial charge in [0.05, 0.1) is 11.2 Å². The fourth-order valence-electron chi connectivity index (χ4n) is 2.73. The molecular formula is C17H21N3O. The van der Waals surface area contributed by atoms with E-state index in [-0.39, 0.29) is 11.7 Å². The van der Waals surface area contributed by atoms with Crippen molar-refractivity contribution < 1.29 is 5.11 Å². The van der Waals surface area contributed by atoms with Gasteiger partial charge in [0.2, 0.25) is 0 Å². The molecule has 3 rings (SSSR count). The minimum atomic E-state index is 0.274. The molecule has 110 valence electrons. The highest BCUT2D eigenvalue weighted by Crippen LogP contribution is 2.33. The first-order valence-electron chi connectivity index (χ1n) is 7.38. The van der Waals surface area contributed by atoms with Gasteiger partial charge < -0.3 is 14.7 Å². The normalized spacial score (nSPS) is 11.7. The van der Waals surface area contributed by atoms with E-state index in [2.05, 4.69) is 47.6 Å². The summed E-state index contributed by atoms with van der Waals surface area (Å²) in [5, 5.41) is 10.4. The molecule has 0 aliphatic rings. The lowest BCUT2D eigenvalue weighted by atomic mass is 10.0. The Morgan fingerprint density at radius 2 is 2.10 bits per heavy atom. The Labute approximate surface area is 124 Å². The second kappa shape index (κ2) is 4.95. The summed E-state index contributed by atoms with van der Waals surface area (Å²) >= 11 is 0. The highest BCUT2D eigenvalue weighted by atomic mass is 16.3. The lowest BCUT2D eigenvalue weighted by Gasteiger charge is -2.07. The maximum atomic E-state index is 10.4. The molecule has 4 heteroatoms. The summed E-state index contributed by atoms with van der Waals surface area (Å²) in [4.78, 5) is 7.91. The molecule has 0 spiro atoms. The van der Waals surface area contributed by atoms with Crippen LogP contribution < -0.4 is 0 Å². The first kappa shape index (κ1) is 13.7. The Morgan fingerprint density at radius 3 is 2.71 bits per heavy atom. The van der Waals surface area contributed by atoms with Crippen molar-refractivity contribution in [2.24, 2.45) is 7.05 Å². The molecular weight excluding hydrogens is 262 g/mol. The van der Waals surface area contributed by atoms with Gasteiger partial charge in [-0.2, -0.15) is 0 Å². The molecule has 3 aromatic rings. The zero-order chi connectivity index (χ0) is 15.1. The van der Waals surface area contributed by atoms with Crippen molar-refractivity contribution in [1.29, 1.82) is 0 Å². The van der Waals surface area contributed by atoms with Crippen molar-refractivity contribution in [3.63, 3.8) is 0 Å². The number of aromatic amines is 1. The summed E-state index contributed by atoms with van der Waals surface area (Å²) in [6, 6.07) is 6.09. The lowest BCUT2D eigenvalue weighted by molar-refractivity contribution is 0.470. The average Bonchev–Trinajstić information content (AvgIpc) is 3.02. The van der Waals surface area contributed by atoms with Gasteiger partial charge in [-0.15, -0.1) is 0 Å². The van der Waals surface area contributed by atoms with Gasteiger partial charge in [0.25, 0.3) is 0 Å². The first-order valence-corrected chi connectivity index (χ1v) is 7.38. The molecule has 4 nitrogen and oxygen atoms in total. The molecule has 0 fully saturated rings. The SMILES string of the molecule is CCc1cc(-c2nc3c(O)c(C(C)C)ccc3[nH]2)n(C)c1. The quantitative estimate of drug-likeness (QED) is 0.764. The molecule has 21 heavy (non-hydrogen) atoms. The molecule has 0 atom stereocenters. The van der Waals surface area contributed by atoms with Crippen molar-refractivity contribution in [2.45, 2.75) is 33.1 Å². The third-order valence-electron chi connectivity index (χ3n) is 3.99. The molecule has 0 radical (unpaired) electrons. The number of hydrogen-bond donors (Lipinski definition) is 2. The predicted octanol–water partition coefficient (Wildman–Crippen LogP) is 3.96. The molecule has 0 bridgehead atoms. The largest absolute Gasteiger partial charge is 0.505 e. The van der Waals surface area contributed by atoms with E-state index in [1.54, 1.807) is 0 Å². The van der Waals surface area contributed by atoms with Crippen LogP contribution in [0.25, 0.3) is 22.6 Å². The number of hydrogen-bond acceptors (Lipinski definition) is 2. The maximum Gasteiger partial charge on any atom is 0.155 e. The van der Waals surface area contributed by atoms with E-state index in [0.29, 0.717) is 5.52 Å². The number of fused-ring (bicyclic) bond motifs is 1. The Bertz CT molecular complexity index is 796. The van der Waals surface area contributed by atoms with Crippen LogP contribution in [-0.2, 0) is 13.5 Å². The Hall–Kier alpha value is -2.23. The molecule has 0 unspecified atom stereocenters. The minimum Gasteiger partial charge on any atom is -0.505 e. The number of aryl methyl sites for hydroxylation is 2. The molecule has 1 aromatic carbocycles. The molecule has 0 amide bonds. The fraction of sp³-hybridized carbons (Fsp3) is 0.353. The summed E-state index contributed by atoms with van der Waals surface area (Å²) in [5.41, 5.74) is 4.76. The van der Waals surface area contributed by atoms with Gasteiger partial charge in [0, 0.05) is 13.2 Å². The number of benzene rings is 1. The van der Waals surface area contributed by atoms with Gasteiger partial charge in [-0.25, -0.2) is 4.98 Å². The second-order valence-corrected chi connectivity index (χ2v) is 5.84. The predicted molar refractivity (Wildman–Crippen MR) is 85.6 cm³/mol. The third-order valence-corrected chi connectivity index (χ3v) is 3.99. The highest BCUT2D eigenvalue weighted by molar-refractivity contribution is 5.85. The van der Waals surface area contributed by atoms with E-state index in [1.807, 2.05) is 19.2 Å². The zero-order valence-corrected chi connectivity index (χ0v) is 12.9. The Morgan fingerprint density at radius 1 is 1.33 bits per heavy atom. The third kappa shape index (κ3) is 2.20. The number of nitrogens with one attached hydrogen (secondary N) is 1. The van der Waals surface area contributed by atoms with Crippen LogP contribution in [0.1, 0.15) is 37.8 Å². The second-order valence-electron chi connectivity index (χ2n) is 5.84. The molecule has 2 N–H and O–H groups in total. The van der Waals surface area contributed by atoms with Gasteiger partial charge in [-0.3, -0.25) is 0 Å². The minimum absolute atomic E-state index is 0.274. The number of aromatic nitrogens is 3. The van der Waals surface area contributed by atoms with Crippen molar-refractivity contribution >= 4 is 11.0 Å². The van der Waals surface area contributed by atoms with Crippen molar-refractivity contribution in [2.75, 3.05) is 0 Å². The average molecular weight is 283 g/mol. The molecule has 0 saturated heterocycles. The van der Waals surface area contributed by atoms with Crippen molar-refractivity contribution in [1.82, 2.24) is 14.5 Å². The number of nitrogens with zero attached hydrogens (tertiary/aromatic N) is 2. The van der Waals surface area contributed by atoms with Gasteiger partial charge in [-0.05, 0) is 35.6 Å². The summed E-state index contributed by atoms with van der Waals surface area (Å²) in [5.74, 6) is 1.36. The maximum absolute atomic E-state index is 10.4. The van der Waals surface area contributed by atoms with Crippen molar-refractivity contribution in [3.05, 3.63) is 35.5 Å². The van der Waals surface area contributed by atoms with Gasteiger partial charge in [-0.1, -0.05) is 26.8 Å². The summed E-state index contributed by atoms with van der Waals surface area (Å²) in [6.45, 7) is 6.27. The number of aromatic hydroxyl groups is 1. The molecule has 0 aliphatic heterocycles. The number of H-pyrrole nitrogens is 1. The van der Waals surface area contributed by atoms with Crippen LogP contribution in [-0.4, -0.2) is 19.6 Å². The first-order chi connectivity index (χ1) is 10.0. The van der Waals surface area contributed by atoms with E-state index in [4.69, 9.17) is 0 Å². The fourth-order valence-corrected chi connectivity index (χ4v) is 2.73. The van der Waals surface area contributed by atoms with Gasteiger partial charge >= 0.3 is 0 Å². The summed E-state index contributed by atoms with van der Waals surface area (Å²) in [6.07, 6.45) is 3.11. The highest BCUT2D eigenvalue weighted by Gasteiger charge is 2.15. The molecule has 0 aliphatic carbocycles. The molecule has 0 saturated carbocycles. The lowest BCUT2D eigenvalue weighted by Crippen LogP contribution is -1.90. The smallest absolute Gasteiger partial charge is 0.155 e. The van der Waals surface area contributed by atoms with Crippen LogP contribution >= 0.6 is 0 Å². The van der Waals surface area contributed by atoms with Crippen LogP contribution in [0.3, 0.4) is 0 Å². The standard InChI is InChI=1S/C17H21N3O/c1-5-11-8-14(20(4)9-11)17-18-13-7-6-12(10(2)3)16(21)15(13)19-17/h6-10,21H,5H2,1-4H3,(H,18,19). The van der Waals surface area contributed by atoms with Crippen LogP contribution in [0.4, 0.5) is 0 Å². The van der Waals surface area contributed by atoms with E-state index in [1.165, 1.54) is 5.56 Å². The van der Waals surface area contributed by atoms with E-state index in [9.17, 15) is 5.11 Å². The number of rotatable bonds is 3. The molecule has 2 heterocycles. The number of phenols is 1. The van der Waals surface area contributed by atoms with Crippen LogP contribution in [0.5, 0.6) is 5.75 Å². The summed E-state index contributed by atoms with van der Waals surface area (Å²) < 4.78 is 2.07. The van der Waals surface area contributed by atoms with Crippen LogP contribution in [0, 0.1) is 0 Å². The Kier molecular flexibility index (Phi) is 3.24.